The molecule has 0 spiro atoms. The Morgan fingerprint density at radius 3 is 2.75 bits per heavy atom. The zero-order valence-corrected chi connectivity index (χ0v) is 19.4. The van der Waals surface area contributed by atoms with Crippen LogP contribution in [-0.4, -0.2) is 26.8 Å². The quantitative estimate of drug-likeness (QED) is 0.579. The molecule has 0 aliphatic heterocycles. The fourth-order valence-electron chi connectivity index (χ4n) is 3.63. The lowest BCUT2D eigenvalue weighted by molar-refractivity contribution is -0.119. The lowest BCUT2D eigenvalue weighted by atomic mass is 9.89. The van der Waals surface area contributed by atoms with Gasteiger partial charge in [0.1, 0.15) is 4.83 Å². The van der Waals surface area contributed by atoms with Gasteiger partial charge in [-0.15, -0.1) is 11.3 Å². The number of nitrogens with zero attached hydrogens (tertiary/aromatic N) is 2. The highest BCUT2D eigenvalue weighted by Crippen LogP contribution is 2.36. The van der Waals surface area contributed by atoms with E-state index in [0.717, 1.165) is 29.5 Å². The monoisotopic (exact) mass is 421 g/mol. The zero-order chi connectivity index (χ0) is 20.6. The van der Waals surface area contributed by atoms with Gasteiger partial charge in [0.2, 0.25) is 5.91 Å². The van der Waals surface area contributed by atoms with E-state index in [0.29, 0.717) is 23.5 Å². The van der Waals surface area contributed by atoms with Crippen molar-refractivity contribution in [3.8, 4) is 0 Å². The molecule has 0 radical (unpaired) electrons. The van der Waals surface area contributed by atoms with Crippen LogP contribution in [0.4, 0.5) is 0 Å². The predicted molar refractivity (Wildman–Crippen MR) is 119 cm³/mol. The fourth-order valence-corrected chi connectivity index (χ4v) is 5.86. The molecular formula is C21H31N3O2S2. The SMILES string of the molecule is CC(C)Cn1c(SCC(=O)NC(C)(C)C)nc2sc3c(c2c1=O)CC[C@@H](C)C3. The normalized spacial score (nSPS) is 17.2. The Morgan fingerprint density at radius 2 is 2.11 bits per heavy atom. The molecule has 154 valence electrons. The number of hydrogen-bond acceptors (Lipinski definition) is 5. The summed E-state index contributed by atoms with van der Waals surface area (Å²) in [6.07, 6.45) is 3.14. The molecule has 2 aromatic rings. The Hall–Kier alpha value is -1.34. The number of fused-ring (bicyclic) bond motifs is 3. The molecular weight excluding hydrogens is 390 g/mol. The number of aromatic nitrogens is 2. The summed E-state index contributed by atoms with van der Waals surface area (Å²) < 4.78 is 1.78. The van der Waals surface area contributed by atoms with Gasteiger partial charge in [-0.2, -0.15) is 0 Å². The van der Waals surface area contributed by atoms with E-state index in [1.165, 1.54) is 22.2 Å². The second-order valence-corrected chi connectivity index (χ2v) is 11.3. The van der Waals surface area contributed by atoms with Crippen molar-refractivity contribution in [3.05, 3.63) is 20.8 Å². The second-order valence-electron chi connectivity index (χ2n) is 9.32. The maximum absolute atomic E-state index is 13.4. The molecule has 0 aromatic carbocycles. The molecule has 1 aliphatic rings. The highest BCUT2D eigenvalue weighted by Gasteiger charge is 2.25. The van der Waals surface area contributed by atoms with Crippen LogP contribution < -0.4 is 10.9 Å². The number of rotatable bonds is 5. The molecule has 1 atom stereocenters. The zero-order valence-electron chi connectivity index (χ0n) is 17.7. The first-order chi connectivity index (χ1) is 13.0. The van der Waals surface area contributed by atoms with Crippen LogP contribution in [0.1, 0.15) is 58.4 Å². The molecule has 0 fully saturated rings. The minimum Gasteiger partial charge on any atom is -0.351 e. The van der Waals surface area contributed by atoms with Crippen molar-refractivity contribution in [1.82, 2.24) is 14.9 Å². The topological polar surface area (TPSA) is 64.0 Å². The van der Waals surface area contributed by atoms with Crippen LogP contribution >= 0.6 is 23.1 Å². The van der Waals surface area contributed by atoms with Gasteiger partial charge in [0.05, 0.1) is 11.1 Å². The van der Waals surface area contributed by atoms with Gasteiger partial charge in [0, 0.05) is 17.0 Å². The van der Waals surface area contributed by atoms with E-state index in [2.05, 4.69) is 26.1 Å². The Kier molecular flexibility index (Phi) is 6.25. The maximum Gasteiger partial charge on any atom is 0.263 e. The lowest BCUT2D eigenvalue weighted by Gasteiger charge is -2.20. The summed E-state index contributed by atoms with van der Waals surface area (Å²) in [6.45, 7) is 13.0. The highest BCUT2D eigenvalue weighted by molar-refractivity contribution is 7.99. The average Bonchev–Trinajstić information content (AvgIpc) is 2.91. The third-order valence-corrected chi connectivity index (χ3v) is 6.90. The third kappa shape index (κ3) is 4.79. The molecule has 3 rings (SSSR count). The van der Waals surface area contributed by atoms with Gasteiger partial charge < -0.3 is 5.32 Å². The summed E-state index contributed by atoms with van der Waals surface area (Å²) in [5, 5.41) is 4.44. The number of aryl methyl sites for hydroxylation is 1. The summed E-state index contributed by atoms with van der Waals surface area (Å²) in [6, 6.07) is 0. The van der Waals surface area contributed by atoms with E-state index < -0.39 is 0 Å². The number of thioether (sulfide) groups is 1. The number of nitrogens with one attached hydrogen (secondary N) is 1. The fraction of sp³-hybridized carbons (Fsp3) is 0.667. The van der Waals surface area contributed by atoms with Gasteiger partial charge in [-0.3, -0.25) is 14.2 Å². The van der Waals surface area contributed by atoms with E-state index in [9.17, 15) is 9.59 Å². The Balaban J connectivity index is 1.99. The van der Waals surface area contributed by atoms with Crippen LogP contribution in [0.3, 0.4) is 0 Å². The van der Waals surface area contributed by atoms with Crippen LogP contribution in [0.25, 0.3) is 10.2 Å². The number of hydrogen-bond donors (Lipinski definition) is 1. The van der Waals surface area contributed by atoms with E-state index in [-0.39, 0.29) is 22.8 Å². The minimum atomic E-state index is -0.268. The van der Waals surface area contributed by atoms with Gasteiger partial charge in [0.15, 0.2) is 5.16 Å². The van der Waals surface area contributed by atoms with Crippen molar-refractivity contribution in [3.63, 3.8) is 0 Å². The largest absolute Gasteiger partial charge is 0.351 e. The molecule has 1 amide bonds. The first-order valence-electron chi connectivity index (χ1n) is 10.0. The van der Waals surface area contributed by atoms with Crippen LogP contribution in [0, 0.1) is 11.8 Å². The lowest BCUT2D eigenvalue weighted by Crippen LogP contribution is -2.41. The first kappa shape index (κ1) is 21.4. The number of thiophene rings is 1. The van der Waals surface area contributed by atoms with Crippen LogP contribution in [0.15, 0.2) is 9.95 Å². The Morgan fingerprint density at radius 1 is 1.39 bits per heavy atom. The average molecular weight is 422 g/mol. The molecule has 7 heteroatoms. The Bertz CT molecular complexity index is 938. The van der Waals surface area contributed by atoms with Crippen molar-refractivity contribution in [2.45, 2.75) is 78.0 Å². The molecule has 2 heterocycles. The predicted octanol–water partition coefficient (Wildman–Crippen LogP) is 4.25. The molecule has 0 saturated carbocycles. The molecule has 28 heavy (non-hydrogen) atoms. The van der Waals surface area contributed by atoms with Gasteiger partial charge in [-0.1, -0.05) is 32.5 Å². The highest BCUT2D eigenvalue weighted by atomic mass is 32.2. The summed E-state index contributed by atoms with van der Waals surface area (Å²) in [5.74, 6) is 1.21. The molecule has 2 aromatic heterocycles. The number of amides is 1. The second kappa shape index (κ2) is 8.19. The van der Waals surface area contributed by atoms with Crippen molar-refractivity contribution < 1.29 is 4.79 Å². The summed E-state index contributed by atoms with van der Waals surface area (Å²) in [4.78, 5) is 32.7. The molecule has 0 bridgehead atoms. The maximum atomic E-state index is 13.4. The van der Waals surface area contributed by atoms with Gasteiger partial charge in [0.25, 0.3) is 5.56 Å². The van der Waals surface area contributed by atoms with Crippen LogP contribution in [0.5, 0.6) is 0 Å². The third-order valence-electron chi connectivity index (χ3n) is 4.77. The first-order valence-corrected chi connectivity index (χ1v) is 11.8. The Labute approximate surface area is 175 Å². The van der Waals surface area contributed by atoms with Crippen molar-refractivity contribution in [1.29, 1.82) is 0 Å². The molecule has 1 aliphatic carbocycles. The molecule has 5 nitrogen and oxygen atoms in total. The molecule has 0 unspecified atom stereocenters. The van der Waals surface area contributed by atoms with E-state index in [1.807, 2.05) is 20.8 Å². The standard InChI is InChI=1S/C21H31N3O2S2/c1-12(2)10-24-19(26)17-14-8-7-13(3)9-15(14)28-18(17)22-20(24)27-11-16(25)23-21(4,5)6/h12-13H,7-11H2,1-6H3,(H,23,25)/t13-/m1/s1. The molecule has 1 N–H and O–H groups in total. The minimum absolute atomic E-state index is 0.0396. The van der Waals surface area contributed by atoms with Crippen molar-refractivity contribution >= 4 is 39.2 Å². The van der Waals surface area contributed by atoms with Crippen molar-refractivity contribution in [2.75, 3.05) is 5.75 Å². The summed E-state index contributed by atoms with van der Waals surface area (Å²) >= 11 is 3.03. The smallest absolute Gasteiger partial charge is 0.263 e. The van der Waals surface area contributed by atoms with Crippen LogP contribution in [-0.2, 0) is 24.2 Å². The van der Waals surface area contributed by atoms with Gasteiger partial charge >= 0.3 is 0 Å². The summed E-state index contributed by atoms with van der Waals surface area (Å²) in [7, 11) is 0. The van der Waals surface area contributed by atoms with Gasteiger partial charge in [-0.25, -0.2) is 4.98 Å². The van der Waals surface area contributed by atoms with E-state index >= 15 is 0 Å². The molecule has 0 saturated heterocycles. The van der Waals surface area contributed by atoms with Crippen LogP contribution in [0.2, 0.25) is 0 Å². The van der Waals surface area contributed by atoms with Crippen molar-refractivity contribution in [2.24, 2.45) is 11.8 Å². The number of carbonyl (C=O) groups excluding carboxylic acids is 1. The van der Waals surface area contributed by atoms with E-state index in [4.69, 9.17) is 4.98 Å². The number of carbonyl (C=O) groups is 1. The van der Waals surface area contributed by atoms with E-state index in [1.54, 1.807) is 15.9 Å². The van der Waals surface area contributed by atoms with Gasteiger partial charge in [-0.05, 0) is 57.4 Å². The summed E-state index contributed by atoms with van der Waals surface area (Å²) in [5.41, 5.74) is 1.01.